The Morgan fingerprint density at radius 1 is 1.03 bits per heavy atom. The molecule has 3 rings (SSSR count). The van der Waals surface area contributed by atoms with Gasteiger partial charge < -0.3 is 4.74 Å². The van der Waals surface area contributed by atoms with Gasteiger partial charge in [-0.05, 0) is 66.6 Å². The van der Waals surface area contributed by atoms with Crippen LogP contribution < -0.4 is 9.04 Å². The zero-order chi connectivity index (χ0) is 20.7. The lowest BCUT2D eigenvalue weighted by Gasteiger charge is -2.24. The van der Waals surface area contributed by atoms with Gasteiger partial charge in [-0.2, -0.15) is 5.26 Å². The van der Waals surface area contributed by atoms with Crippen LogP contribution in [0.5, 0.6) is 11.5 Å². The van der Waals surface area contributed by atoms with Crippen molar-refractivity contribution >= 4 is 15.7 Å². The van der Waals surface area contributed by atoms with Gasteiger partial charge in [-0.1, -0.05) is 13.0 Å². The van der Waals surface area contributed by atoms with Crippen LogP contribution >= 0.6 is 0 Å². The minimum atomic E-state index is -3.47. The minimum Gasteiger partial charge on any atom is -0.457 e. The van der Waals surface area contributed by atoms with Crippen molar-refractivity contribution in [2.24, 2.45) is 0 Å². The van der Waals surface area contributed by atoms with Gasteiger partial charge in [0.25, 0.3) is 0 Å². The molecule has 148 valence electrons. The maximum atomic E-state index is 12.8. The summed E-state index contributed by atoms with van der Waals surface area (Å²) in [6.07, 6.45) is 3.85. The summed E-state index contributed by atoms with van der Waals surface area (Å²) >= 11 is 0. The van der Waals surface area contributed by atoms with Crippen LogP contribution in [0.25, 0.3) is 0 Å². The third-order valence-corrected chi connectivity index (χ3v) is 6.13. The van der Waals surface area contributed by atoms with Gasteiger partial charge in [0, 0.05) is 12.4 Å². The molecule has 0 saturated heterocycles. The van der Waals surface area contributed by atoms with E-state index in [2.05, 4.69) is 11.1 Å². The zero-order valence-electron chi connectivity index (χ0n) is 16.0. The second-order valence-corrected chi connectivity index (χ2v) is 8.43. The number of aromatic nitrogens is 1. The molecule has 0 amide bonds. The van der Waals surface area contributed by atoms with E-state index in [0.717, 1.165) is 5.56 Å². The topological polar surface area (TPSA) is 83.3 Å². The summed E-state index contributed by atoms with van der Waals surface area (Å²) in [4.78, 5) is 4.07. The normalized spacial score (nSPS) is 10.9. The highest BCUT2D eigenvalue weighted by molar-refractivity contribution is 7.92. The fraction of sp³-hybridized carbons (Fsp3) is 0.182. The molecule has 0 aliphatic carbocycles. The maximum absolute atomic E-state index is 12.8. The molecule has 0 bridgehead atoms. The molecule has 1 heterocycles. The molecular weight excluding hydrogens is 386 g/mol. The molecule has 29 heavy (non-hydrogen) atoms. The fourth-order valence-corrected chi connectivity index (χ4v) is 4.31. The number of ether oxygens (including phenoxy) is 1. The Labute approximate surface area is 171 Å². The highest BCUT2D eigenvalue weighted by atomic mass is 32.2. The van der Waals surface area contributed by atoms with Crippen LogP contribution in [-0.2, 0) is 16.6 Å². The molecule has 0 atom stereocenters. The molecule has 0 unspecified atom stereocenters. The second kappa shape index (κ2) is 9.22. The van der Waals surface area contributed by atoms with Crippen molar-refractivity contribution in [3.05, 3.63) is 84.2 Å². The van der Waals surface area contributed by atoms with Gasteiger partial charge >= 0.3 is 0 Å². The van der Waals surface area contributed by atoms with Crippen LogP contribution in [0.3, 0.4) is 0 Å². The first-order valence-corrected chi connectivity index (χ1v) is 10.8. The van der Waals surface area contributed by atoms with Crippen molar-refractivity contribution in [1.82, 2.24) is 4.98 Å². The molecule has 3 aromatic rings. The van der Waals surface area contributed by atoms with Crippen molar-refractivity contribution in [2.45, 2.75) is 19.9 Å². The van der Waals surface area contributed by atoms with Crippen molar-refractivity contribution in [2.75, 3.05) is 10.1 Å². The van der Waals surface area contributed by atoms with E-state index in [1.165, 1.54) is 4.31 Å². The number of nitrogens with zero attached hydrogens (tertiary/aromatic N) is 3. The first-order chi connectivity index (χ1) is 14.0. The molecule has 0 saturated carbocycles. The first kappa shape index (κ1) is 20.4. The molecule has 1 aromatic heterocycles. The Morgan fingerprint density at radius 2 is 1.69 bits per heavy atom. The number of sulfonamides is 1. The Bertz CT molecular complexity index is 1070. The highest BCUT2D eigenvalue weighted by Gasteiger charge is 2.22. The molecule has 0 aliphatic heterocycles. The summed E-state index contributed by atoms with van der Waals surface area (Å²) < 4.78 is 32.8. The van der Waals surface area contributed by atoms with E-state index in [9.17, 15) is 8.42 Å². The third-order valence-electron chi connectivity index (χ3n) is 4.19. The van der Waals surface area contributed by atoms with Gasteiger partial charge in [0.2, 0.25) is 10.0 Å². The number of rotatable bonds is 8. The van der Waals surface area contributed by atoms with Gasteiger partial charge in [-0.3, -0.25) is 9.29 Å². The standard InChI is InChI=1S/C22H21N3O3S/c1-2-14-29(26,27)25(17-19-4-3-13-24-16-19)20-7-11-22(12-8-20)28-21-9-5-18(15-23)6-10-21/h3-13,16H,2,14,17H2,1H3. The van der Waals surface area contributed by atoms with E-state index in [1.807, 2.05) is 13.0 Å². The van der Waals surface area contributed by atoms with Crippen molar-refractivity contribution in [3.63, 3.8) is 0 Å². The van der Waals surface area contributed by atoms with Gasteiger partial charge in [0.05, 0.1) is 29.6 Å². The third kappa shape index (κ3) is 5.33. The predicted octanol–water partition coefficient (Wildman–Crippen LogP) is 4.49. The number of hydrogen-bond donors (Lipinski definition) is 0. The lowest BCUT2D eigenvalue weighted by molar-refractivity contribution is 0.482. The quantitative estimate of drug-likeness (QED) is 0.549. The Balaban J connectivity index is 1.83. The Morgan fingerprint density at radius 3 is 2.24 bits per heavy atom. The van der Waals surface area contributed by atoms with E-state index < -0.39 is 10.0 Å². The highest BCUT2D eigenvalue weighted by Crippen LogP contribution is 2.27. The molecule has 2 aromatic carbocycles. The van der Waals surface area contributed by atoms with Crippen LogP contribution in [0.1, 0.15) is 24.5 Å². The fourth-order valence-electron chi connectivity index (χ4n) is 2.79. The number of nitriles is 1. The van der Waals surface area contributed by atoms with Gasteiger partial charge in [0.1, 0.15) is 11.5 Å². The van der Waals surface area contributed by atoms with Crippen LogP contribution in [0.4, 0.5) is 5.69 Å². The summed E-state index contributed by atoms with van der Waals surface area (Å²) in [5.41, 5.74) is 1.93. The van der Waals surface area contributed by atoms with E-state index >= 15 is 0 Å². The molecule has 0 spiro atoms. The Kier molecular flexibility index (Phi) is 6.47. The summed E-state index contributed by atoms with van der Waals surface area (Å²) in [7, 11) is -3.47. The number of benzene rings is 2. The Hall–Kier alpha value is -3.37. The molecule has 7 heteroatoms. The molecule has 6 nitrogen and oxygen atoms in total. The van der Waals surface area contributed by atoms with Gasteiger partial charge in [0.15, 0.2) is 0 Å². The van der Waals surface area contributed by atoms with E-state index in [1.54, 1.807) is 67.0 Å². The summed E-state index contributed by atoms with van der Waals surface area (Å²) in [6, 6.07) is 19.4. The molecule has 0 fully saturated rings. The minimum absolute atomic E-state index is 0.0662. The SMILES string of the molecule is CCCS(=O)(=O)N(Cc1cccnc1)c1ccc(Oc2ccc(C#N)cc2)cc1. The largest absolute Gasteiger partial charge is 0.457 e. The lowest BCUT2D eigenvalue weighted by Crippen LogP contribution is -2.32. The summed E-state index contributed by atoms with van der Waals surface area (Å²) in [5, 5.41) is 8.86. The zero-order valence-corrected chi connectivity index (χ0v) is 16.8. The molecule has 0 N–H and O–H groups in total. The van der Waals surface area contributed by atoms with E-state index in [4.69, 9.17) is 10.00 Å². The molecule has 0 radical (unpaired) electrons. The molecule has 0 aliphatic rings. The van der Waals surface area contributed by atoms with Crippen LogP contribution in [0.15, 0.2) is 73.1 Å². The van der Waals surface area contributed by atoms with Gasteiger partial charge in [-0.15, -0.1) is 0 Å². The van der Waals surface area contributed by atoms with E-state index in [0.29, 0.717) is 29.2 Å². The van der Waals surface area contributed by atoms with Crippen LogP contribution in [0, 0.1) is 11.3 Å². The first-order valence-electron chi connectivity index (χ1n) is 9.19. The second-order valence-electron chi connectivity index (χ2n) is 6.42. The van der Waals surface area contributed by atoms with E-state index in [-0.39, 0.29) is 12.3 Å². The van der Waals surface area contributed by atoms with Crippen LogP contribution in [0.2, 0.25) is 0 Å². The average Bonchev–Trinajstić information content (AvgIpc) is 2.74. The van der Waals surface area contributed by atoms with Crippen molar-refractivity contribution in [3.8, 4) is 17.6 Å². The maximum Gasteiger partial charge on any atom is 0.235 e. The summed E-state index contributed by atoms with van der Waals surface area (Å²) in [5.74, 6) is 1.24. The number of hydrogen-bond acceptors (Lipinski definition) is 5. The lowest BCUT2D eigenvalue weighted by atomic mass is 10.2. The summed E-state index contributed by atoms with van der Waals surface area (Å²) in [6.45, 7) is 2.06. The average molecular weight is 407 g/mol. The monoisotopic (exact) mass is 407 g/mol. The number of anilines is 1. The van der Waals surface area contributed by atoms with Crippen molar-refractivity contribution in [1.29, 1.82) is 5.26 Å². The molecular formula is C22H21N3O3S. The number of pyridine rings is 1. The smallest absolute Gasteiger partial charge is 0.235 e. The van der Waals surface area contributed by atoms with Crippen LogP contribution in [-0.4, -0.2) is 19.2 Å². The van der Waals surface area contributed by atoms with Crippen molar-refractivity contribution < 1.29 is 13.2 Å². The predicted molar refractivity (Wildman–Crippen MR) is 112 cm³/mol. The van der Waals surface area contributed by atoms with Gasteiger partial charge in [-0.25, -0.2) is 8.42 Å².